The fourth-order valence-electron chi connectivity index (χ4n) is 2.63. The summed E-state index contributed by atoms with van der Waals surface area (Å²) in [5.41, 5.74) is 0. The molecule has 1 aromatic carbocycles. The Morgan fingerprint density at radius 1 is 1.22 bits per heavy atom. The van der Waals surface area contributed by atoms with Gasteiger partial charge in [-0.15, -0.1) is 0 Å². The van der Waals surface area contributed by atoms with E-state index >= 15 is 0 Å². The predicted octanol–water partition coefficient (Wildman–Crippen LogP) is 2.74. The summed E-state index contributed by atoms with van der Waals surface area (Å²) in [4.78, 5) is 13.9. The molecule has 2 rings (SSSR count). The summed E-state index contributed by atoms with van der Waals surface area (Å²) in [6.45, 7) is 4.99. The first-order chi connectivity index (χ1) is 11.2. The molecule has 1 aliphatic heterocycles. The van der Waals surface area contributed by atoms with Crippen molar-refractivity contribution in [2.45, 2.75) is 26.2 Å². The lowest BCUT2D eigenvalue weighted by molar-refractivity contribution is -0.132. The van der Waals surface area contributed by atoms with E-state index < -0.39 is 0 Å². The maximum Gasteiger partial charge on any atom is 0.260 e. The number of para-hydroxylation sites is 2. The lowest BCUT2D eigenvalue weighted by atomic mass is 9.96. The highest BCUT2D eigenvalue weighted by Crippen LogP contribution is 2.26. The Morgan fingerprint density at radius 3 is 2.52 bits per heavy atom. The Morgan fingerprint density at radius 2 is 1.87 bits per heavy atom. The second kappa shape index (κ2) is 9.40. The Kier molecular flexibility index (Phi) is 7.20. The van der Waals surface area contributed by atoms with Gasteiger partial charge in [0.15, 0.2) is 18.1 Å². The van der Waals surface area contributed by atoms with Gasteiger partial charge in [0.05, 0.1) is 6.61 Å². The summed E-state index contributed by atoms with van der Waals surface area (Å²) in [6, 6.07) is 7.43. The number of carbonyl (C=O) groups excluding carboxylic acids is 1. The molecular formula is C18H27NO4. The van der Waals surface area contributed by atoms with Gasteiger partial charge >= 0.3 is 0 Å². The largest absolute Gasteiger partial charge is 0.490 e. The molecule has 1 aliphatic rings. The molecule has 0 aliphatic carbocycles. The van der Waals surface area contributed by atoms with Gasteiger partial charge in [0.25, 0.3) is 5.91 Å². The van der Waals surface area contributed by atoms with Crippen molar-refractivity contribution in [1.29, 1.82) is 0 Å². The van der Waals surface area contributed by atoms with E-state index in [4.69, 9.17) is 14.2 Å². The van der Waals surface area contributed by atoms with Gasteiger partial charge in [0.1, 0.15) is 0 Å². The third kappa shape index (κ3) is 5.75. The molecule has 0 aromatic heterocycles. The number of hydrogen-bond acceptors (Lipinski definition) is 4. The summed E-state index contributed by atoms with van der Waals surface area (Å²) >= 11 is 0. The number of hydrogen-bond donors (Lipinski definition) is 0. The molecular weight excluding hydrogens is 294 g/mol. The SMILES string of the molecule is CCOc1ccccc1OCC(=O)N(C)CCC1CCOCC1. The van der Waals surface area contributed by atoms with Gasteiger partial charge in [-0.1, -0.05) is 12.1 Å². The minimum Gasteiger partial charge on any atom is -0.490 e. The highest BCUT2D eigenvalue weighted by molar-refractivity contribution is 5.77. The molecule has 1 aromatic rings. The minimum absolute atomic E-state index is 0.0108. The van der Waals surface area contributed by atoms with Crippen molar-refractivity contribution in [1.82, 2.24) is 4.90 Å². The molecule has 0 atom stereocenters. The predicted molar refractivity (Wildman–Crippen MR) is 88.9 cm³/mol. The van der Waals surface area contributed by atoms with Crippen molar-refractivity contribution in [3.05, 3.63) is 24.3 Å². The molecule has 0 unspecified atom stereocenters. The van der Waals surface area contributed by atoms with Crippen molar-refractivity contribution in [3.63, 3.8) is 0 Å². The zero-order valence-corrected chi connectivity index (χ0v) is 14.1. The van der Waals surface area contributed by atoms with Crippen LogP contribution in [0.3, 0.4) is 0 Å². The zero-order chi connectivity index (χ0) is 16.5. The van der Waals surface area contributed by atoms with Crippen LogP contribution in [0.25, 0.3) is 0 Å². The van der Waals surface area contributed by atoms with Crippen molar-refractivity contribution in [3.8, 4) is 11.5 Å². The summed E-state index contributed by atoms with van der Waals surface area (Å²) < 4.78 is 16.5. The molecule has 1 fully saturated rings. The van der Waals surface area contributed by atoms with Gasteiger partial charge in [0.2, 0.25) is 0 Å². The van der Waals surface area contributed by atoms with Crippen LogP contribution < -0.4 is 9.47 Å². The summed E-state index contributed by atoms with van der Waals surface area (Å²) in [7, 11) is 1.83. The van der Waals surface area contributed by atoms with Gasteiger partial charge in [0, 0.05) is 26.8 Å². The minimum atomic E-state index is -0.0108. The molecule has 23 heavy (non-hydrogen) atoms. The number of likely N-dealkylation sites (N-methyl/N-ethyl adjacent to an activating group) is 1. The van der Waals surface area contributed by atoms with E-state index in [1.54, 1.807) is 4.90 Å². The third-order valence-electron chi connectivity index (χ3n) is 4.14. The average Bonchev–Trinajstić information content (AvgIpc) is 2.59. The first kappa shape index (κ1) is 17.6. The summed E-state index contributed by atoms with van der Waals surface area (Å²) in [6.07, 6.45) is 3.22. The number of ether oxygens (including phenoxy) is 3. The zero-order valence-electron chi connectivity index (χ0n) is 14.1. The van der Waals surface area contributed by atoms with Crippen molar-refractivity contribution in [2.75, 3.05) is 40.0 Å². The van der Waals surface area contributed by atoms with E-state index in [-0.39, 0.29) is 12.5 Å². The van der Waals surface area contributed by atoms with Crippen molar-refractivity contribution >= 4 is 5.91 Å². The maximum atomic E-state index is 12.2. The van der Waals surface area contributed by atoms with Crippen LogP contribution in [-0.4, -0.2) is 50.8 Å². The maximum absolute atomic E-state index is 12.2. The van der Waals surface area contributed by atoms with Crippen molar-refractivity contribution in [2.24, 2.45) is 5.92 Å². The molecule has 5 nitrogen and oxygen atoms in total. The Labute approximate surface area is 138 Å². The van der Waals surface area contributed by atoms with E-state index in [1.807, 2.05) is 38.2 Å². The van der Waals surface area contributed by atoms with Crippen LogP contribution in [0.15, 0.2) is 24.3 Å². The summed E-state index contributed by atoms with van der Waals surface area (Å²) in [5.74, 6) is 1.94. The van der Waals surface area contributed by atoms with E-state index in [1.165, 1.54) is 0 Å². The van der Waals surface area contributed by atoms with Crippen LogP contribution in [0.5, 0.6) is 11.5 Å². The van der Waals surface area contributed by atoms with Crippen LogP contribution in [0, 0.1) is 5.92 Å². The summed E-state index contributed by atoms with van der Waals surface area (Å²) in [5, 5.41) is 0. The highest BCUT2D eigenvalue weighted by atomic mass is 16.5. The average molecular weight is 321 g/mol. The van der Waals surface area contributed by atoms with Crippen LogP contribution in [0.2, 0.25) is 0 Å². The molecule has 0 saturated carbocycles. The third-order valence-corrected chi connectivity index (χ3v) is 4.14. The van der Waals surface area contributed by atoms with Crippen LogP contribution in [-0.2, 0) is 9.53 Å². The second-order valence-electron chi connectivity index (χ2n) is 5.83. The molecule has 0 bridgehead atoms. The van der Waals surface area contributed by atoms with Crippen LogP contribution in [0.4, 0.5) is 0 Å². The number of rotatable bonds is 8. The Balaban J connectivity index is 1.75. The van der Waals surface area contributed by atoms with E-state index in [0.717, 1.165) is 39.0 Å². The molecule has 128 valence electrons. The normalized spacial score (nSPS) is 15.2. The lowest BCUT2D eigenvalue weighted by Crippen LogP contribution is -2.33. The molecule has 5 heteroatoms. The Hall–Kier alpha value is -1.75. The van der Waals surface area contributed by atoms with E-state index in [9.17, 15) is 4.79 Å². The van der Waals surface area contributed by atoms with Gasteiger partial charge in [-0.3, -0.25) is 4.79 Å². The van der Waals surface area contributed by atoms with Crippen molar-refractivity contribution < 1.29 is 19.0 Å². The smallest absolute Gasteiger partial charge is 0.260 e. The molecule has 1 amide bonds. The number of carbonyl (C=O) groups is 1. The standard InChI is InChI=1S/C18H27NO4/c1-3-22-16-6-4-5-7-17(16)23-14-18(20)19(2)11-8-15-9-12-21-13-10-15/h4-7,15H,3,8-14H2,1-2H3. The first-order valence-corrected chi connectivity index (χ1v) is 8.37. The van der Waals surface area contributed by atoms with E-state index in [0.29, 0.717) is 24.0 Å². The van der Waals surface area contributed by atoms with Crippen LogP contribution in [0.1, 0.15) is 26.2 Å². The number of amides is 1. The Bertz CT molecular complexity index is 486. The van der Waals surface area contributed by atoms with Gasteiger partial charge in [-0.05, 0) is 44.2 Å². The highest BCUT2D eigenvalue weighted by Gasteiger charge is 2.17. The first-order valence-electron chi connectivity index (χ1n) is 8.37. The van der Waals surface area contributed by atoms with Gasteiger partial charge in [-0.2, -0.15) is 0 Å². The topological polar surface area (TPSA) is 48.0 Å². The van der Waals surface area contributed by atoms with E-state index in [2.05, 4.69) is 0 Å². The lowest BCUT2D eigenvalue weighted by Gasteiger charge is -2.25. The van der Waals surface area contributed by atoms with Gasteiger partial charge in [-0.25, -0.2) is 0 Å². The quantitative estimate of drug-likeness (QED) is 0.739. The molecule has 1 heterocycles. The van der Waals surface area contributed by atoms with Gasteiger partial charge < -0.3 is 19.1 Å². The molecule has 0 N–H and O–H groups in total. The molecule has 1 saturated heterocycles. The monoisotopic (exact) mass is 321 g/mol. The number of nitrogens with zero attached hydrogens (tertiary/aromatic N) is 1. The molecule has 0 spiro atoms. The second-order valence-corrected chi connectivity index (χ2v) is 5.83. The fraction of sp³-hybridized carbons (Fsp3) is 0.611. The van der Waals surface area contributed by atoms with Crippen LogP contribution >= 0.6 is 0 Å². The molecule has 0 radical (unpaired) electrons. The fourth-order valence-corrected chi connectivity index (χ4v) is 2.63. The number of benzene rings is 1.